The molecule has 1 heterocycles. The highest BCUT2D eigenvalue weighted by atomic mass is 32.2. The summed E-state index contributed by atoms with van der Waals surface area (Å²) in [6.45, 7) is 0.125. The Balaban J connectivity index is 0.000000243. The first-order chi connectivity index (χ1) is 11.2. The highest BCUT2D eigenvalue weighted by Crippen LogP contribution is 2.33. The molecule has 7 nitrogen and oxygen atoms in total. The van der Waals surface area contributed by atoms with Gasteiger partial charge in [-0.05, 0) is 11.6 Å². The average Bonchev–Trinajstić information content (AvgIpc) is 2.54. The molecule has 0 atom stereocenters. The lowest BCUT2D eigenvalue weighted by molar-refractivity contribution is -0.388. The van der Waals surface area contributed by atoms with E-state index in [1.54, 1.807) is 12.1 Å². The normalized spacial score (nSPS) is 10.8. The molecule has 0 fully saturated rings. The van der Waals surface area contributed by atoms with Crippen LogP contribution in [0.1, 0.15) is 11.3 Å². The summed E-state index contributed by atoms with van der Waals surface area (Å²) in [4.78, 5) is 11.9. The summed E-state index contributed by atoms with van der Waals surface area (Å²) in [7, 11) is -2.72. The number of alkyl halides is 3. The van der Waals surface area contributed by atoms with Gasteiger partial charge >= 0.3 is 6.18 Å². The standard InChI is InChI=1S/C7H8O3S.C6H3F3N2O2/c8-11(9)10-6-7-4-2-1-3-5-7;7-6(8,9)5-4(11(12)13)2-1-3-10-5/h1-5,11H,6H2;1-3H. The second-order valence-corrected chi connectivity index (χ2v) is 4.81. The van der Waals surface area contributed by atoms with E-state index in [1.165, 1.54) is 0 Å². The van der Waals surface area contributed by atoms with Crippen molar-refractivity contribution < 1.29 is 30.7 Å². The Morgan fingerprint density at radius 1 is 1.12 bits per heavy atom. The molecule has 0 saturated heterocycles. The highest BCUT2D eigenvalue weighted by Gasteiger charge is 2.39. The SMILES string of the molecule is O=[N+]([O-])c1cccnc1C(F)(F)F.O=[SH](=O)OCc1ccccc1. The molecule has 0 bridgehead atoms. The summed E-state index contributed by atoms with van der Waals surface area (Å²) in [5, 5.41) is 10.1. The van der Waals surface area contributed by atoms with Gasteiger partial charge in [-0.1, -0.05) is 30.3 Å². The molecule has 2 aromatic rings. The van der Waals surface area contributed by atoms with Gasteiger partial charge in [-0.25, -0.2) is 13.4 Å². The van der Waals surface area contributed by atoms with Crippen molar-refractivity contribution in [3.05, 3.63) is 70.0 Å². The summed E-state index contributed by atoms with van der Waals surface area (Å²) in [5.74, 6) is 0. The zero-order chi connectivity index (χ0) is 18.2. The average molecular weight is 364 g/mol. The summed E-state index contributed by atoms with van der Waals surface area (Å²) >= 11 is 0. The number of thiol groups is 1. The predicted molar refractivity (Wildman–Crippen MR) is 77.4 cm³/mol. The van der Waals surface area contributed by atoms with E-state index in [4.69, 9.17) is 0 Å². The van der Waals surface area contributed by atoms with Crippen LogP contribution in [0.15, 0.2) is 48.7 Å². The molecule has 0 unspecified atom stereocenters. The van der Waals surface area contributed by atoms with E-state index in [0.717, 1.165) is 23.9 Å². The van der Waals surface area contributed by atoms with Crippen LogP contribution in [0, 0.1) is 10.1 Å². The molecule has 0 spiro atoms. The maximum Gasteiger partial charge on any atom is 0.440 e. The molecule has 1 aromatic heterocycles. The summed E-state index contributed by atoms with van der Waals surface area (Å²) in [6, 6.07) is 11.0. The molecule has 0 N–H and O–H groups in total. The van der Waals surface area contributed by atoms with Gasteiger partial charge in [0.15, 0.2) is 0 Å². The fraction of sp³-hybridized carbons (Fsp3) is 0.154. The van der Waals surface area contributed by atoms with Crippen LogP contribution in [-0.4, -0.2) is 18.3 Å². The highest BCUT2D eigenvalue weighted by molar-refractivity contribution is 7.67. The molecule has 1 aromatic carbocycles. The number of nitrogens with zero attached hydrogens (tertiary/aromatic N) is 2. The smallest absolute Gasteiger partial charge is 0.267 e. The number of hydrogen-bond acceptors (Lipinski definition) is 6. The van der Waals surface area contributed by atoms with Crippen LogP contribution < -0.4 is 0 Å². The molecular formula is C13H11F3N2O5S. The number of rotatable bonds is 4. The van der Waals surface area contributed by atoms with Crippen molar-refractivity contribution in [2.24, 2.45) is 0 Å². The Labute approximate surface area is 136 Å². The summed E-state index contributed by atoms with van der Waals surface area (Å²) < 4.78 is 60.5. The van der Waals surface area contributed by atoms with Gasteiger partial charge in [0.2, 0.25) is 5.69 Å². The zero-order valence-electron chi connectivity index (χ0n) is 11.8. The Morgan fingerprint density at radius 2 is 1.75 bits per heavy atom. The van der Waals surface area contributed by atoms with Gasteiger partial charge in [0.1, 0.15) is 0 Å². The van der Waals surface area contributed by atoms with Gasteiger partial charge in [0.05, 0.1) is 11.5 Å². The van der Waals surface area contributed by atoms with Crippen molar-refractivity contribution in [2.75, 3.05) is 0 Å². The number of pyridine rings is 1. The predicted octanol–water partition coefficient (Wildman–Crippen LogP) is 2.74. The van der Waals surface area contributed by atoms with E-state index in [9.17, 15) is 31.7 Å². The lowest BCUT2D eigenvalue weighted by Crippen LogP contribution is -2.10. The van der Waals surface area contributed by atoms with Crippen molar-refractivity contribution in [3.8, 4) is 0 Å². The molecule has 0 amide bonds. The zero-order valence-corrected chi connectivity index (χ0v) is 12.7. The van der Waals surface area contributed by atoms with E-state index in [1.807, 2.05) is 18.2 Å². The fourth-order valence-electron chi connectivity index (χ4n) is 1.46. The van der Waals surface area contributed by atoms with Gasteiger partial charge in [-0.3, -0.25) is 14.3 Å². The number of nitro groups is 1. The second kappa shape index (κ2) is 8.93. The molecule has 24 heavy (non-hydrogen) atoms. The van der Waals surface area contributed by atoms with E-state index < -0.39 is 33.5 Å². The summed E-state index contributed by atoms with van der Waals surface area (Å²) in [5.41, 5.74) is -1.65. The first-order valence-corrected chi connectivity index (χ1v) is 7.29. The van der Waals surface area contributed by atoms with Gasteiger partial charge < -0.3 is 0 Å². The minimum Gasteiger partial charge on any atom is -0.267 e. The minimum absolute atomic E-state index is 0.125. The fourth-order valence-corrected chi connectivity index (χ4v) is 1.72. The maximum absolute atomic E-state index is 12.0. The molecule has 0 aliphatic carbocycles. The van der Waals surface area contributed by atoms with E-state index in [-0.39, 0.29) is 6.61 Å². The Hall–Kier alpha value is -2.53. The van der Waals surface area contributed by atoms with Gasteiger partial charge in [0.25, 0.3) is 16.7 Å². The van der Waals surface area contributed by atoms with Crippen molar-refractivity contribution in [2.45, 2.75) is 12.8 Å². The van der Waals surface area contributed by atoms with E-state index in [0.29, 0.717) is 0 Å². The lowest BCUT2D eigenvalue weighted by Gasteiger charge is -2.04. The van der Waals surface area contributed by atoms with Crippen LogP contribution in [0.2, 0.25) is 0 Å². The molecule has 0 saturated carbocycles. The van der Waals surface area contributed by atoms with Gasteiger partial charge in [0, 0.05) is 12.3 Å². The second-order valence-electron chi connectivity index (χ2n) is 4.11. The quantitative estimate of drug-likeness (QED) is 0.509. The van der Waals surface area contributed by atoms with Crippen molar-refractivity contribution in [1.29, 1.82) is 0 Å². The molecule has 2 rings (SSSR count). The van der Waals surface area contributed by atoms with Crippen LogP contribution in [0.5, 0.6) is 0 Å². The molecule has 11 heteroatoms. The lowest BCUT2D eigenvalue weighted by atomic mass is 10.2. The molecular weight excluding hydrogens is 353 g/mol. The van der Waals surface area contributed by atoms with E-state index in [2.05, 4.69) is 9.17 Å². The maximum atomic E-state index is 12.0. The Bertz CT molecular complexity index is 743. The molecule has 0 aliphatic rings. The monoisotopic (exact) mass is 364 g/mol. The number of halogens is 3. The molecule has 0 radical (unpaired) electrons. The third-order valence-electron chi connectivity index (χ3n) is 2.43. The third kappa shape index (κ3) is 6.71. The van der Waals surface area contributed by atoms with Gasteiger partial charge in [-0.15, -0.1) is 0 Å². The van der Waals surface area contributed by atoms with Crippen LogP contribution in [-0.2, 0) is 28.0 Å². The largest absolute Gasteiger partial charge is 0.440 e. The number of benzene rings is 1. The van der Waals surface area contributed by atoms with Crippen molar-refractivity contribution in [3.63, 3.8) is 0 Å². The summed E-state index contributed by atoms with van der Waals surface area (Å²) in [6.07, 6.45) is -3.93. The van der Waals surface area contributed by atoms with Gasteiger partial charge in [-0.2, -0.15) is 13.2 Å². The van der Waals surface area contributed by atoms with Crippen LogP contribution in [0.3, 0.4) is 0 Å². The minimum atomic E-state index is -4.79. The number of hydrogen-bond donors (Lipinski definition) is 1. The third-order valence-corrected chi connectivity index (χ3v) is 2.77. The van der Waals surface area contributed by atoms with E-state index >= 15 is 0 Å². The topological polar surface area (TPSA) is 99.4 Å². The molecule has 130 valence electrons. The van der Waals surface area contributed by atoms with Crippen LogP contribution >= 0.6 is 0 Å². The molecule has 0 aliphatic heterocycles. The van der Waals surface area contributed by atoms with Crippen LogP contribution in [0.4, 0.5) is 18.9 Å². The number of aromatic nitrogens is 1. The Kier molecular flexibility index (Phi) is 7.27. The Morgan fingerprint density at radius 3 is 2.21 bits per heavy atom. The van der Waals surface area contributed by atoms with Crippen LogP contribution in [0.25, 0.3) is 0 Å². The van der Waals surface area contributed by atoms with Crippen molar-refractivity contribution in [1.82, 2.24) is 4.98 Å². The first kappa shape index (κ1) is 19.5. The first-order valence-electron chi connectivity index (χ1n) is 6.19. The van der Waals surface area contributed by atoms with Crippen molar-refractivity contribution >= 4 is 16.7 Å².